The number of rotatable bonds is 7. The maximum absolute atomic E-state index is 13.0. The number of carbonyl (C=O) groups is 1. The molecule has 1 N–H and O–H groups in total. The Morgan fingerprint density at radius 1 is 1.48 bits per heavy atom. The summed E-state index contributed by atoms with van der Waals surface area (Å²) >= 11 is 0. The third kappa shape index (κ3) is 4.70. The van der Waals surface area contributed by atoms with Crippen molar-refractivity contribution in [3.8, 4) is 5.75 Å². The Balaban J connectivity index is 1.76. The second kappa shape index (κ2) is 7.98. The molecule has 5 heteroatoms. The van der Waals surface area contributed by atoms with Crippen LogP contribution in [0.5, 0.6) is 5.75 Å². The van der Waals surface area contributed by atoms with Crippen molar-refractivity contribution in [2.75, 3.05) is 19.8 Å². The molecule has 116 valence electrons. The number of benzene rings is 1. The Labute approximate surface area is 124 Å². The SMILES string of the molecule is O=C(CCOc1cccc(F)c1)N1CCCC1CCCO. The lowest BCUT2D eigenvalue weighted by Crippen LogP contribution is -2.36. The molecule has 0 spiro atoms. The average Bonchev–Trinajstić information content (AvgIpc) is 2.93. The molecule has 2 rings (SSSR count). The summed E-state index contributed by atoms with van der Waals surface area (Å²) in [6, 6.07) is 6.17. The summed E-state index contributed by atoms with van der Waals surface area (Å²) in [5, 5.41) is 8.89. The van der Waals surface area contributed by atoms with Crippen LogP contribution in [-0.2, 0) is 4.79 Å². The van der Waals surface area contributed by atoms with Gasteiger partial charge in [-0.05, 0) is 37.8 Å². The summed E-state index contributed by atoms with van der Waals surface area (Å²) in [6.45, 7) is 1.21. The smallest absolute Gasteiger partial charge is 0.226 e. The predicted molar refractivity (Wildman–Crippen MR) is 77.6 cm³/mol. The summed E-state index contributed by atoms with van der Waals surface area (Å²) < 4.78 is 18.4. The van der Waals surface area contributed by atoms with E-state index >= 15 is 0 Å². The van der Waals surface area contributed by atoms with E-state index in [0.717, 1.165) is 32.2 Å². The largest absolute Gasteiger partial charge is 0.493 e. The van der Waals surface area contributed by atoms with E-state index in [1.807, 2.05) is 4.90 Å². The van der Waals surface area contributed by atoms with Gasteiger partial charge in [-0.2, -0.15) is 0 Å². The maximum Gasteiger partial charge on any atom is 0.226 e. The first-order valence-corrected chi connectivity index (χ1v) is 7.49. The van der Waals surface area contributed by atoms with Gasteiger partial charge in [0.05, 0.1) is 13.0 Å². The fourth-order valence-corrected chi connectivity index (χ4v) is 2.75. The number of likely N-dealkylation sites (tertiary alicyclic amines) is 1. The molecule has 1 atom stereocenters. The zero-order chi connectivity index (χ0) is 15.1. The van der Waals surface area contributed by atoms with E-state index in [-0.39, 0.29) is 31.0 Å². The fraction of sp³-hybridized carbons (Fsp3) is 0.562. The van der Waals surface area contributed by atoms with Crippen LogP contribution >= 0.6 is 0 Å². The molecule has 1 saturated heterocycles. The Morgan fingerprint density at radius 3 is 3.10 bits per heavy atom. The highest BCUT2D eigenvalue weighted by molar-refractivity contribution is 5.77. The number of halogens is 1. The number of hydrogen-bond acceptors (Lipinski definition) is 3. The van der Waals surface area contributed by atoms with Crippen molar-refractivity contribution in [2.45, 2.75) is 38.1 Å². The molecular weight excluding hydrogens is 273 g/mol. The van der Waals surface area contributed by atoms with Gasteiger partial charge < -0.3 is 14.7 Å². The number of amides is 1. The van der Waals surface area contributed by atoms with Gasteiger partial charge in [0, 0.05) is 25.3 Å². The Kier molecular flexibility index (Phi) is 5.99. The van der Waals surface area contributed by atoms with Gasteiger partial charge >= 0.3 is 0 Å². The minimum atomic E-state index is -0.345. The van der Waals surface area contributed by atoms with E-state index in [4.69, 9.17) is 9.84 Å². The van der Waals surface area contributed by atoms with Gasteiger partial charge in [0.2, 0.25) is 5.91 Å². The van der Waals surface area contributed by atoms with Gasteiger partial charge in [0.1, 0.15) is 11.6 Å². The molecule has 0 aromatic heterocycles. The molecule has 1 aromatic carbocycles. The monoisotopic (exact) mass is 295 g/mol. The van der Waals surface area contributed by atoms with E-state index in [2.05, 4.69) is 0 Å². The molecule has 1 unspecified atom stereocenters. The molecule has 4 nitrogen and oxygen atoms in total. The summed E-state index contributed by atoms with van der Waals surface area (Å²) in [5.74, 6) is 0.176. The van der Waals surface area contributed by atoms with E-state index in [0.29, 0.717) is 12.2 Å². The fourth-order valence-electron chi connectivity index (χ4n) is 2.75. The number of carbonyl (C=O) groups excluding carboxylic acids is 1. The molecule has 1 amide bonds. The van der Waals surface area contributed by atoms with Crippen molar-refractivity contribution >= 4 is 5.91 Å². The number of aliphatic hydroxyl groups is 1. The van der Waals surface area contributed by atoms with E-state index in [1.54, 1.807) is 12.1 Å². The van der Waals surface area contributed by atoms with Crippen LogP contribution in [0.4, 0.5) is 4.39 Å². The highest BCUT2D eigenvalue weighted by atomic mass is 19.1. The maximum atomic E-state index is 13.0. The molecule has 0 aliphatic carbocycles. The van der Waals surface area contributed by atoms with Crippen molar-refractivity contribution in [1.29, 1.82) is 0 Å². The van der Waals surface area contributed by atoms with Crippen molar-refractivity contribution in [3.63, 3.8) is 0 Å². The molecule has 1 heterocycles. The van der Waals surface area contributed by atoms with E-state index < -0.39 is 0 Å². The Morgan fingerprint density at radius 2 is 2.33 bits per heavy atom. The molecule has 0 bridgehead atoms. The lowest BCUT2D eigenvalue weighted by atomic mass is 10.1. The highest BCUT2D eigenvalue weighted by Crippen LogP contribution is 2.22. The molecule has 1 aliphatic heterocycles. The van der Waals surface area contributed by atoms with E-state index in [9.17, 15) is 9.18 Å². The van der Waals surface area contributed by atoms with E-state index in [1.165, 1.54) is 12.1 Å². The Bertz CT molecular complexity index is 467. The number of nitrogens with zero attached hydrogens (tertiary/aromatic N) is 1. The summed E-state index contributed by atoms with van der Waals surface area (Å²) in [4.78, 5) is 14.1. The average molecular weight is 295 g/mol. The van der Waals surface area contributed by atoms with Gasteiger partial charge in [-0.25, -0.2) is 4.39 Å². The van der Waals surface area contributed by atoms with Crippen LogP contribution in [0, 0.1) is 5.82 Å². The van der Waals surface area contributed by atoms with Gasteiger partial charge in [-0.3, -0.25) is 4.79 Å². The van der Waals surface area contributed by atoms with Crippen LogP contribution in [0.2, 0.25) is 0 Å². The second-order valence-electron chi connectivity index (χ2n) is 5.30. The van der Waals surface area contributed by atoms with Crippen LogP contribution < -0.4 is 4.74 Å². The number of ether oxygens (including phenoxy) is 1. The third-order valence-electron chi connectivity index (χ3n) is 3.77. The van der Waals surface area contributed by atoms with Gasteiger partial charge in [0.25, 0.3) is 0 Å². The summed E-state index contributed by atoms with van der Waals surface area (Å²) in [6.07, 6.45) is 3.91. The number of aliphatic hydroxyl groups excluding tert-OH is 1. The van der Waals surface area contributed by atoms with Gasteiger partial charge in [0.15, 0.2) is 0 Å². The first-order chi connectivity index (χ1) is 10.2. The van der Waals surface area contributed by atoms with Crippen molar-refractivity contribution in [1.82, 2.24) is 4.90 Å². The molecule has 1 aliphatic rings. The first kappa shape index (κ1) is 15.8. The van der Waals surface area contributed by atoms with Crippen LogP contribution in [-0.4, -0.2) is 41.7 Å². The molecular formula is C16H22FNO3. The van der Waals surface area contributed by atoms with Crippen LogP contribution in [0.1, 0.15) is 32.1 Å². The predicted octanol–water partition coefficient (Wildman–Crippen LogP) is 2.36. The quantitative estimate of drug-likeness (QED) is 0.840. The molecule has 1 fully saturated rings. The van der Waals surface area contributed by atoms with Crippen molar-refractivity contribution < 1.29 is 19.0 Å². The second-order valence-corrected chi connectivity index (χ2v) is 5.30. The molecule has 1 aromatic rings. The van der Waals surface area contributed by atoms with Gasteiger partial charge in [-0.15, -0.1) is 0 Å². The zero-order valence-corrected chi connectivity index (χ0v) is 12.1. The first-order valence-electron chi connectivity index (χ1n) is 7.49. The van der Waals surface area contributed by atoms with Crippen molar-refractivity contribution in [3.05, 3.63) is 30.1 Å². The molecule has 0 radical (unpaired) electrons. The minimum Gasteiger partial charge on any atom is -0.493 e. The summed E-state index contributed by atoms with van der Waals surface area (Å²) in [5.41, 5.74) is 0. The highest BCUT2D eigenvalue weighted by Gasteiger charge is 2.27. The Hall–Kier alpha value is -1.62. The normalized spacial score (nSPS) is 18.0. The third-order valence-corrected chi connectivity index (χ3v) is 3.77. The molecule has 0 saturated carbocycles. The zero-order valence-electron chi connectivity index (χ0n) is 12.1. The standard InChI is InChI=1S/C16H22FNO3/c17-13-4-1-7-15(12-13)21-11-8-16(20)18-9-2-5-14(18)6-3-10-19/h1,4,7,12,14,19H,2-3,5-6,8-11H2. The minimum absolute atomic E-state index is 0.0758. The molecule has 21 heavy (non-hydrogen) atoms. The van der Waals surface area contributed by atoms with Gasteiger partial charge in [-0.1, -0.05) is 6.07 Å². The lowest BCUT2D eigenvalue weighted by Gasteiger charge is -2.24. The van der Waals surface area contributed by atoms with Crippen molar-refractivity contribution in [2.24, 2.45) is 0 Å². The topological polar surface area (TPSA) is 49.8 Å². The van der Waals surface area contributed by atoms with Crippen LogP contribution in [0.25, 0.3) is 0 Å². The summed E-state index contributed by atoms with van der Waals surface area (Å²) in [7, 11) is 0. The van der Waals surface area contributed by atoms with Crippen LogP contribution in [0.3, 0.4) is 0 Å². The lowest BCUT2D eigenvalue weighted by molar-refractivity contribution is -0.132. The number of hydrogen-bond donors (Lipinski definition) is 1. The van der Waals surface area contributed by atoms with Crippen LogP contribution in [0.15, 0.2) is 24.3 Å².